The van der Waals surface area contributed by atoms with Gasteiger partial charge in [-0.05, 0) is 59.3 Å². The molecular weight excluding hydrogens is 429 g/mol. The van der Waals surface area contributed by atoms with Crippen LogP contribution in [-0.2, 0) is 5.75 Å². The van der Waals surface area contributed by atoms with E-state index in [1.54, 1.807) is 11.8 Å². The molecule has 0 fully saturated rings. The second kappa shape index (κ2) is 8.79. The highest BCUT2D eigenvalue weighted by Crippen LogP contribution is 2.16. The van der Waals surface area contributed by atoms with Gasteiger partial charge in [0.15, 0.2) is 0 Å². The zero-order valence-corrected chi connectivity index (χ0v) is 16.0. The second-order valence-corrected chi connectivity index (χ2v) is 7.62. The summed E-state index contributed by atoms with van der Waals surface area (Å²) >= 11 is 9.86. The van der Waals surface area contributed by atoms with E-state index >= 15 is 0 Å². The van der Waals surface area contributed by atoms with Gasteiger partial charge in [-0.3, -0.25) is 4.79 Å². The van der Waals surface area contributed by atoms with E-state index in [0.29, 0.717) is 6.54 Å². The van der Waals surface area contributed by atoms with Crippen molar-refractivity contribution in [1.82, 2.24) is 5.32 Å². The van der Waals surface area contributed by atoms with Gasteiger partial charge in [0.25, 0.3) is 5.91 Å². The topological polar surface area (TPSA) is 29.1 Å². The molecule has 0 saturated carbocycles. The van der Waals surface area contributed by atoms with Crippen LogP contribution in [0.25, 0.3) is 0 Å². The normalized spacial score (nSPS) is 10.5. The molecular formula is C17H17ClINOS. The molecule has 22 heavy (non-hydrogen) atoms. The van der Waals surface area contributed by atoms with Crippen molar-refractivity contribution in [2.24, 2.45) is 0 Å². The van der Waals surface area contributed by atoms with Crippen molar-refractivity contribution in [3.63, 3.8) is 0 Å². The molecule has 0 spiro atoms. The monoisotopic (exact) mass is 445 g/mol. The molecule has 2 nitrogen and oxygen atoms in total. The second-order valence-electron chi connectivity index (χ2n) is 4.92. The number of hydrogen-bond donors (Lipinski definition) is 1. The van der Waals surface area contributed by atoms with Crippen LogP contribution in [0.1, 0.15) is 21.5 Å². The average molecular weight is 446 g/mol. The van der Waals surface area contributed by atoms with E-state index in [2.05, 4.69) is 27.9 Å². The van der Waals surface area contributed by atoms with Crippen LogP contribution in [0.4, 0.5) is 0 Å². The Labute approximate surface area is 154 Å². The number of carbonyl (C=O) groups is 1. The van der Waals surface area contributed by atoms with Crippen LogP contribution in [0, 0.1) is 10.5 Å². The molecule has 2 aromatic rings. The molecule has 0 aliphatic heterocycles. The molecule has 0 heterocycles. The summed E-state index contributed by atoms with van der Waals surface area (Å²) in [5.74, 6) is 1.81. The van der Waals surface area contributed by atoms with Gasteiger partial charge >= 0.3 is 0 Å². The van der Waals surface area contributed by atoms with E-state index in [-0.39, 0.29) is 5.91 Å². The molecule has 0 saturated heterocycles. The molecule has 116 valence electrons. The zero-order chi connectivity index (χ0) is 15.9. The molecule has 5 heteroatoms. The summed E-state index contributed by atoms with van der Waals surface area (Å²) in [6, 6.07) is 13.7. The molecule has 0 bridgehead atoms. The quantitative estimate of drug-likeness (QED) is 0.505. The summed E-state index contributed by atoms with van der Waals surface area (Å²) in [5.41, 5.74) is 3.15. The predicted octanol–water partition coefficient (Wildman–Crippen LogP) is 4.92. The molecule has 0 aromatic heterocycles. The first-order valence-corrected chi connectivity index (χ1v) is 9.54. The van der Waals surface area contributed by atoms with Gasteiger partial charge in [-0.1, -0.05) is 35.4 Å². The highest BCUT2D eigenvalue weighted by molar-refractivity contribution is 14.1. The molecule has 0 aliphatic carbocycles. The van der Waals surface area contributed by atoms with Gasteiger partial charge in [-0.25, -0.2) is 0 Å². The molecule has 0 atom stereocenters. The largest absolute Gasteiger partial charge is 0.351 e. The Morgan fingerprint density at radius 2 is 1.95 bits per heavy atom. The minimum Gasteiger partial charge on any atom is -0.351 e. The van der Waals surface area contributed by atoms with Crippen molar-refractivity contribution in [1.29, 1.82) is 0 Å². The van der Waals surface area contributed by atoms with Gasteiger partial charge in [0.1, 0.15) is 0 Å². The van der Waals surface area contributed by atoms with Crippen molar-refractivity contribution < 1.29 is 4.79 Å². The third kappa shape index (κ3) is 5.48. The summed E-state index contributed by atoms with van der Waals surface area (Å²) < 4.78 is 0.990. The van der Waals surface area contributed by atoms with Gasteiger partial charge in [-0.15, -0.1) is 0 Å². The first-order valence-electron chi connectivity index (χ1n) is 6.93. The Bertz CT molecular complexity index is 646. The van der Waals surface area contributed by atoms with Crippen LogP contribution >= 0.6 is 46.0 Å². The minimum atomic E-state index is -0.00325. The first-order chi connectivity index (χ1) is 10.6. The number of hydrogen-bond acceptors (Lipinski definition) is 2. The van der Waals surface area contributed by atoms with Crippen molar-refractivity contribution >= 4 is 51.9 Å². The number of halogens is 2. The minimum absolute atomic E-state index is 0.00325. The van der Waals surface area contributed by atoms with E-state index in [0.717, 1.165) is 25.7 Å². The standard InChI is InChI=1S/C17H17ClINOS/c1-12-2-7-15(16(19)10-12)17(21)20-8-9-22-11-13-3-5-14(18)6-4-13/h2-7,10H,8-9,11H2,1H3,(H,20,21). The Balaban J connectivity index is 1.72. The predicted molar refractivity (Wildman–Crippen MR) is 104 cm³/mol. The molecule has 2 rings (SSSR count). The van der Waals surface area contributed by atoms with Crippen LogP contribution in [0.5, 0.6) is 0 Å². The summed E-state index contributed by atoms with van der Waals surface area (Å²) in [6.07, 6.45) is 0. The zero-order valence-electron chi connectivity index (χ0n) is 12.2. The molecule has 2 aromatic carbocycles. The van der Waals surface area contributed by atoms with Gasteiger partial charge in [0.2, 0.25) is 0 Å². The van der Waals surface area contributed by atoms with Crippen LogP contribution in [0.2, 0.25) is 5.02 Å². The number of thioether (sulfide) groups is 1. The van der Waals surface area contributed by atoms with E-state index < -0.39 is 0 Å². The summed E-state index contributed by atoms with van der Waals surface area (Å²) in [6.45, 7) is 2.69. The van der Waals surface area contributed by atoms with Crippen molar-refractivity contribution in [3.8, 4) is 0 Å². The fourth-order valence-corrected chi connectivity index (χ4v) is 3.77. The highest BCUT2D eigenvalue weighted by Gasteiger charge is 2.08. The third-order valence-corrected chi connectivity index (χ3v) is 5.26. The fraction of sp³-hybridized carbons (Fsp3) is 0.235. The maximum atomic E-state index is 12.1. The van der Waals surface area contributed by atoms with Gasteiger partial charge < -0.3 is 5.32 Å². The fourth-order valence-electron chi connectivity index (χ4n) is 1.91. The first kappa shape index (κ1) is 17.6. The van der Waals surface area contributed by atoms with Crippen LogP contribution in [0.15, 0.2) is 42.5 Å². The highest BCUT2D eigenvalue weighted by atomic mass is 127. The molecule has 0 aliphatic rings. The van der Waals surface area contributed by atoms with Gasteiger partial charge in [0.05, 0.1) is 5.56 Å². The lowest BCUT2D eigenvalue weighted by Crippen LogP contribution is -2.26. The van der Waals surface area contributed by atoms with E-state index in [9.17, 15) is 4.79 Å². The SMILES string of the molecule is Cc1ccc(C(=O)NCCSCc2ccc(Cl)cc2)c(I)c1. The van der Waals surface area contributed by atoms with Crippen LogP contribution in [0.3, 0.4) is 0 Å². The van der Waals surface area contributed by atoms with Crippen molar-refractivity contribution in [2.75, 3.05) is 12.3 Å². The van der Waals surface area contributed by atoms with E-state index in [1.165, 1.54) is 11.1 Å². The van der Waals surface area contributed by atoms with Crippen molar-refractivity contribution in [3.05, 3.63) is 67.7 Å². The number of benzene rings is 2. The Morgan fingerprint density at radius 1 is 1.23 bits per heavy atom. The maximum absolute atomic E-state index is 12.1. The molecule has 1 N–H and O–H groups in total. The van der Waals surface area contributed by atoms with Crippen molar-refractivity contribution in [2.45, 2.75) is 12.7 Å². The average Bonchev–Trinajstić information content (AvgIpc) is 2.48. The summed E-state index contributed by atoms with van der Waals surface area (Å²) in [7, 11) is 0. The van der Waals surface area contributed by atoms with Crippen LogP contribution < -0.4 is 5.32 Å². The number of amides is 1. The number of carbonyl (C=O) groups excluding carboxylic acids is 1. The molecule has 1 amide bonds. The molecule has 0 unspecified atom stereocenters. The number of rotatable bonds is 6. The smallest absolute Gasteiger partial charge is 0.252 e. The van der Waals surface area contributed by atoms with Gasteiger partial charge in [0, 0.05) is 26.6 Å². The lowest BCUT2D eigenvalue weighted by Gasteiger charge is -2.07. The lowest BCUT2D eigenvalue weighted by atomic mass is 10.1. The Kier molecular flexibility index (Phi) is 7.05. The third-order valence-electron chi connectivity index (χ3n) is 3.08. The summed E-state index contributed by atoms with van der Waals surface area (Å²) in [5, 5.41) is 3.73. The van der Waals surface area contributed by atoms with E-state index in [4.69, 9.17) is 11.6 Å². The number of nitrogens with one attached hydrogen (secondary N) is 1. The Morgan fingerprint density at radius 3 is 2.64 bits per heavy atom. The number of aryl methyl sites for hydroxylation is 1. The summed E-state index contributed by atoms with van der Waals surface area (Å²) in [4.78, 5) is 12.1. The Hall–Kier alpha value is -0.720. The van der Waals surface area contributed by atoms with Gasteiger partial charge in [-0.2, -0.15) is 11.8 Å². The van der Waals surface area contributed by atoms with Crippen LogP contribution in [-0.4, -0.2) is 18.2 Å². The molecule has 0 radical (unpaired) electrons. The van der Waals surface area contributed by atoms with E-state index in [1.807, 2.05) is 49.4 Å². The maximum Gasteiger partial charge on any atom is 0.252 e. The lowest BCUT2D eigenvalue weighted by molar-refractivity contribution is 0.0955.